The first-order chi connectivity index (χ1) is 14.8. The van der Waals surface area contributed by atoms with Gasteiger partial charge in [0.2, 0.25) is 0 Å². The molecule has 0 aliphatic carbocycles. The zero-order valence-corrected chi connectivity index (χ0v) is 19.6. The molecule has 1 fully saturated rings. The van der Waals surface area contributed by atoms with Gasteiger partial charge < -0.3 is 9.64 Å². The second-order valence-corrected chi connectivity index (χ2v) is 8.98. The summed E-state index contributed by atoms with van der Waals surface area (Å²) in [4.78, 5) is 16.9. The van der Waals surface area contributed by atoms with E-state index in [1.165, 1.54) is 0 Å². The van der Waals surface area contributed by atoms with E-state index in [2.05, 4.69) is 15.9 Å². The minimum atomic E-state index is -0.705. The highest BCUT2D eigenvalue weighted by atomic mass is 35.5. The molecule has 0 unspecified atom stereocenters. The highest BCUT2D eigenvalue weighted by molar-refractivity contribution is 6.32. The molecule has 1 aliphatic heterocycles. The van der Waals surface area contributed by atoms with Gasteiger partial charge >= 0.3 is 5.97 Å². The molecule has 1 saturated heterocycles. The number of anilines is 1. The molecule has 7 heteroatoms. The number of hydrogen-bond acceptors (Lipinski definition) is 5. The number of carbonyl (C=O) groups excluding carboxylic acids is 1. The molecular weight excluding hydrogens is 433 g/mol. The van der Waals surface area contributed by atoms with Gasteiger partial charge in [-0.3, -0.25) is 9.69 Å². The Morgan fingerprint density at radius 1 is 1.26 bits per heavy atom. The summed E-state index contributed by atoms with van der Waals surface area (Å²) >= 11 is 12.8. The van der Waals surface area contributed by atoms with Gasteiger partial charge in [-0.05, 0) is 57.0 Å². The molecule has 0 aromatic heterocycles. The summed E-state index contributed by atoms with van der Waals surface area (Å²) in [6.45, 7) is 8.07. The van der Waals surface area contributed by atoms with Crippen molar-refractivity contribution in [1.29, 1.82) is 5.26 Å². The van der Waals surface area contributed by atoms with Crippen LogP contribution in [0.25, 0.3) is 0 Å². The Kier molecular flexibility index (Phi) is 7.48. The highest BCUT2D eigenvalue weighted by Gasteiger charge is 2.41. The summed E-state index contributed by atoms with van der Waals surface area (Å²) in [6, 6.07) is 15.5. The van der Waals surface area contributed by atoms with Crippen molar-refractivity contribution in [1.82, 2.24) is 4.90 Å². The quantitative estimate of drug-likeness (QED) is 0.526. The van der Waals surface area contributed by atoms with Crippen molar-refractivity contribution in [2.24, 2.45) is 0 Å². The van der Waals surface area contributed by atoms with Crippen LogP contribution in [-0.2, 0) is 16.1 Å². The van der Waals surface area contributed by atoms with Crippen LogP contribution in [0, 0.1) is 11.3 Å². The Morgan fingerprint density at radius 2 is 2.00 bits per heavy atom. The monoisotopic (exact) mass is 459 g/mol. The van der Waals surface area contributed by atoms with Crippen LogP contribution in [0.4, 0.5) is 5.69 Å². The van der Waals surface area contributed by atoms with Gasteiger partial charge in [0.05, 0.1) is 17.2 Å². The van der Waals surface area contributed by atoms with Gasteiger partial charge in [-0.15, -0.1) is 0 Å². The third-order valence-corrected chi connectivity index (χ3v) is 6.55. The summed E-state index contributed by atoms with van der Waals surface area (Å²) in [5.74, 6) is -0.213. The van der Waals surface area contributed by atoms with Crippen LogP contribution >= 0.6 is 23.2 Å². The van der Waals surface area contributed by atoms with Crippen LogP contribution in [0.2, 0.25) is 10.0 Å². The number of rotatable bonds is 7. The lowest BCUT2D eigenvalue weighted by Gasteiger charge is -2.35. The Balaban J connectivity index is 1.90. The van der Waals surface area contributed by atoms with Crippen molar-refractivity contribution < 1.29 is 9.53 Å². The third-order valence-electron chi connectivity index (χ3n) is 5.87. The second-order valence-electron chi connectivity index (χ2n) is 8.16. The lowest BCUT2D eigenvalue weighted by Crippen LogP contribution is -2.51. The number of benzene rings is 2. The maximum Gasteiger partial charge on any atom is 0.325 e. The molecule has 0 saturated carbocycles. The van der Waals surface area contributed by atoms with E-state index in [1.807, 2.05) is 57.2 Å². The van der Waals surface area contributed by atoms with Crippen LogP contribution in [0.15, 0.2) is 42.5 Å². The van der Waals surface area contributed by atoms with Gasteiger partial charge in [-0.2, -0.15) is 5.26 Å². The fourth-order valence-electron chi connectivity index (χ4n) is 3.96. The molecule has 2 aromatic rings. The molecule has 1 heterocycles. The van der Waals surface area contributed by atoms with E-state index >= 15 is 0 Å². The van der Waals surface area contributed by atoms with Crippen LogP contribution in [0.3, 0.4) is 0 Å². The molecule has 1 atom stereocenters. The van der Waals surface area contributed by atoms with Gasteiger partial charge in [0.1, 0.15) is 11.6 Å². The van der Waals surface area contributed by atoms with Gasteiger partial charge in [-0.1, -0.05) is 41.4 Å². The molecule has 5 nitrogen and oxygen atoms in total. The highest BCUT2D eigenvalue weighted by Crippen LogP contribution is 2.32. The molecule has 1 aliphatic rings. The lowest BCUT2D eigenvalue weighted by atomic mass is 10.0. The minimum Gasteiger partial charge on any atom is -0.465 e. The molecule has 0 amide bonds. The fourth-order valence-corrected chi connectivity index (χ4v) is 4.37. The average molecular weight is 460 g/mol. The molecule has 2 aromatic carbocycles. The predicted octanol–water partition coefficient (Wildman–Crippen LogP) is 5.29. The zero-order valence-electron chi connectivity index (χ0n) is 18.1. The van der Waals surface area contributed by atoms with Crippen LogP contribution in [-0.4, -0.2) is 42.1 Å². The van der Waals surface area contributed by atoms with E-state index in [0.717, 1.165) is 24.2 Å². The maximum atomic E-state index is 12.5. The van der Waals surface area contributed by atoms with Gasteiger partial charge in [-0.25, -0.2) is 0 Å². The van der Waals surface area contributed by atoms with Crippen molar-refractivity contribution in [3.8, 4) is 6.07 Å². The van der Waals surface area contributed by atoms with Gasteiger partial charge in [0.25, 0.3) is 0 Å². The largest absolute Gasteiger partial charge is 0.465 e. The molecule has 3 rings (SSSR count). The van der Waals surface area contributed by atoms with Crippen molar-refractivity contribution in [2.75, 3.05) is 24.6 Å². The Labute approximate surface area is 194 Å². The number of nitriles is 1. The van der Waals surface area contributed by atoms with Crippen LogP contribution in [0.5, 0.6) is 0 Å². The van der Waals surface area contributed by atoms with Gasteiger partial charge in [0, 0.05) is 36.4 Å². The van der Waals surface area contributed by atoms with Crippen molar-refractivity contribution >= 4 is 34.9 Å². The van der Waals surface area contributed by atoms with Crippen LogP contribution in [0.1, 0.15) is 38.3 Å². The summed E-state index contributed by atoms with van der Waals surface area (Å²) < 4.78 is 5.29. The van der Waals surface area contributed by atoms with E-state index in [4.69, 9.17) is 27.9 Å². The molecule has 0 spiro atoms. The number of nitrogens with zero attached hydrogens (tertiary/aromatic N) is 3. The lowest BCUT2D eigenvalue weighted by molar-refractivity contribution is -0.155. The summed E-state index contributed by atoms with van der Waals surface area (Å²) in [6.07, 6.45) is 0.880. The number of ether oxygens (including phenoxy) is 1. The number of hydrogen-bond donors (Lipinski definition) is 0. The topological polar surface area (TPSA) is 56.6 Å². The van der Waals surface area contributed by atoms with E-state index in [1.54, 1.807) is 6.07 Å². The summed E-state index contributed by atoms with van der Waals surface area (Å²) in [5, 5.41) is 10.4. The molecule has 31 heavy (non-hydrogen) atoms. The first-order valence-electron chi connectivity index (χ1n) is 10.4. The smallest absolute Gasteiger partial charge is 0.325 e. The Morgan fingerprint density at radius 3 is 2.65 bits per heavy atom. The Hall–Kier alpha value is -2.26. The number of halogens is 2. The summed E-state index contributed by atoms with van der Waals surface area (Å²) in [5.41, 5.74) is 1.67. The second kappa shape index (κ2) is 9.91. The van der Waals surface area contributed by atoms with Crippen molar-refractivity contribution in [3.63, 3.8) is 0 Å². The molecular formula is C24H27Cl2N3O2. The van der Waals surface area contributed by atoms with E-state index in [-0.39, 0.29) is 12.0 Å². The standard InChI is InChI=1S/C24H27Cl2N3O2/c1-4-31-23(30)24(2,3)28-12-11-20(16-28)29(15-18-7-5-6-8-21(18)25)19-10-9-17(14-27)22(26)13-19/h5-10,13,20H,4,11-12,15-16H2,1-3H3/t20-/m0/s1. The number of esters is 1. The predicted molar refractivity (Wildman–Crippen MR) is 124 cm³/mol. The minimum absolute atomic E-state index is 0.147. The number of likely N-dealkylation sites (tertiary alicyclic amines) is 1. The van der Waals surface area contributed by atoms with E-state index in [9.17, 15) is 10.1 Å². The van der Waals surface area contributed by atoms with E-state index < -0.39 is 5.54 Å². The van der Waals surface area contributed by atoms with Gasteiger partial charge in [0.15, 0.2) is 0 Å². The van der Waals surface area contributed by atoms with E-state index in [0.29, 0.717) is 35.3 Å². The van der Waals surface area contributed by atoms with Crippen molar-refractivity contribution in [3.05, 3.63) is 63.6 Å². The first kappa shape index (κ1) is 23.4. The SMILES string of the molecule is CCOC(=O)C(C)(C)N1CC[C@H](N(Cc2ccccc2Cl)c2ccc(C#N)c(Cl)c2)C1. The normalized spacial score (nSPS) is 16.7. The number of carbonyl (C=O) groups is 1. The van der Waals surface area contributed by atoms with Crippen LogP contribution < -0.4 is 4.90 Å². The molecule has 0 bridgehead atoms. The molecule has 0 N–H and O–H groups in total. The fraction of sp³-hybridized carbons (Fsp3) is 0.417. The Bertz CT molecular complexity index is 987. The average Bonchev–Trinajstić information content (AvgIpc) is 3.24. The maximum absolute atomic E-state index is 12.5. The first-order valence-corrected chi connectivity index (χ1v) is 11.2. The molecule has 0 radical (unpaired) electrons. The summed E-state index contributed by atoms with van der Waals surface area (Å²) in [7, 11) is 0. The molecule has 164 valence electrons. The van der Waals surface area contributed by atoms with Crippen molar-refractivity contribution in [2.45, 2.75) is 45.3 Å². The third kappa shape index (κ3) is 5.15. The zero-order chi connectivity index (χ0) is 22.6.